The fraction of sp³-hybridized carbons (Fsp3) is 0.154. The summed E-state index contributed by atoms with van der Waals surface area (Å²) in [5, 5.41) is 2.50. The third kappa shape index (κ3) is 3.36. The van der Waals surface area contributed by atoms with E-state index in [-0.39, 0.29) is 17.6 Å². The Morgan fingerprint density at radius 1 is 1.50 bits per heavy atom. The highest BCUT2D eigenvalue weighted by molar-refractivity contribution is 6.29. The monoisotopic (exact) mass is 293 g/mol. The van der Waals surface area contributed by atoms with Crippen molar-refractivity contribution in [3.05, 3.63) is 52.2 Å². The van der Waals surface area contributed by atoms with Crippen LogP contribution in [0.15, 0.2) is 41.5 Å². The third-order valence-corrected chi connectivity index (χ3v) is 2.80. The SMILES string of the molecule is COc1cccc(NC(=O)Cn2ccnc(Cl)c2=O)c1. The van der Waals surface area contributed by atoms with Crippen molar-refractivity contribution in [3.8, 4) is 5.75 Å². The third-order valence-electron chi connectivity index (χ3n) is 2.54. The van der Waals surface area contributed by atoms with Gasteiger partial charge in [0.1, 0.15) is 12.3 Å². The second-order valence-electron chi connectivity index (χ2n) is 3.93. The Kier molecular flexibility index (Phi) is 4.37. The van der Waals surface area contributed by atoms with Crippen LogP contribution in [0.2, 0.25) is 5.15 Å². The van der Waals surface area contributed by atoms with Crippen molar-refractivity contribution < 1.29 is 9.53 Å². The number of nitrogens with zero attached hydrogens (tertiary/aromatic N) is 2. The second kappa shape index (κ2) is 6.21. The first-order valence-corrected chi connectivity index (χ1v) is 6.13. The summed E-state index contributed by atoms with van der Waals surface area (Å²) in [7, 11) is 1.54. The van der Waals surface area contributed by atoms with E-state index in [0.29, 0.717) is 11.4 Å². The molecule has 0 atom stereocenters. The molecule has 1 heterocycles. The number of carbonyl (C=O) groups is 1. The number of aromatic nitrogens is 2. The maximum Gasteiger partial charge on any atom is 0.288 e. The summed E-state index contributed by atoms with van der Waals surface area (Å²) in [6.07, 6.45) is 2.77. The highest BCUT2D eigenvalue weighted by Crippen LogP contribution is 2.16. The molecule has 0 aliphatic carbocycles. The summed E-state index contributed by atoms with van der Waals surface area (Å²) in [5.74, 6) is 0.287. The fourth-order valence-corrected chi connectivity index (χ4v) is 1.77. The van der Waals surface area contributed by atoms with Gasteiger partial charge in [-0.3, -0.25) is 9.59 Å². The molecule has 0 radical (unpaired) electrons. The highest BCUT2D eigenvalue weighted by Gasteiger charge is 2.07. The zero-order chi connectivity index (χ0) is 14.5. The molecule has 0 spiro atoms. The van der Waals surface area contributed by atoms with Crippen LogP contribution in [0.4, 0.5) is 5.69 Å². The molecule has 0 aliphatic rings. The van der Waals surface area contributed by atoms with Crippen molar-refractivity contribution in [2.75, 3.05) is 12.4 Å². The molecule has 20 heavy (non-hydrogen) atoms. The van der Waals surface area contributed by atoms with Crippen LogP contribution >= 0.6 is 11.6 Å². The van der Waals surface area contributed by atoms with E-state index in [4.69, 9.17) is 16.3 Å². The van der Waals surface area contributed by atoms with Gasteiger partial charge in [-0.05, 0) is 12.1 Å². The number of anilines is 1. The molecule has 2 aromatic rings. The van der Waals surface area contributed by atoms with Gasteiger partial charge in [0, 0.05) is 24.1 Å². The highest BCUT2D eigenvalue weighted by atomic mass is 35.5. The first-order valence-electron chi connectivity index (χ1n) is 5.75. The average molecular weight is 294 g/mol. The van der Waals surface area contributed by atoms with Crippen molar-refractivity contribution in [1.29, 1.82) is 0 Å². The summed E-state index contributed by atoms with van der Waals surface area (Å²) in [6.45, 7) is -0.141. The predicted octanol–water partition coefficient (Wildman–Crippen LogP) is 1.54. The number of methoxy groups -OCH3 is 1. The van der Waals surface area contributed by atoms with Gasteiger partial charge in [0.2, 0.25) is 5.91 Å². The lowest BCUT2D eigenvalue weighted by Crippen LogP contribution is -2.27. The molecule has 6 nitrogen and oxygen atoms in total. The molecular formula is C13H12ClN3O3. The first-order chi connectivity index (χ1) is 9.60. The number of hydrogen-bond acceptors (Lipinski definition) is 4. The van der Waals surface area contributed by atoms with Crippen LogP contribution < -0.4 is 15.6 Å². The topological polar surface area (TPSA) is 73.2 Å². The normalized spacial score (nSPS) is 10.1. The molecule has 1 amide bonds. The minimum absolute atomic E-state index is 0.141. The van der Waals surface area contributed by atoms with Crippen LogP contribution in [-0.2, 0) is 11.3 Å². The fourth-order valence-electron chi connectivity index (χ4n) is 1.60. The largest absolute Gasteiger partial charge is 0.497 e. The number of nitrogens with one attached hydrogen (secondary N) is 1. The van der Waals surface area contributed by atoms with Gasteiger partial charge < -0.3 is 14.6 Å². The molecule has 0 aliphatic heterocycles. The Hall–Kier alpha value is -2.34. The van der Waals surface area contributed by atoms with E-state index >= 15 is 0 Å². The summed E-state index contributed by atoms with van der Waals surface area (Å²) in [5.41, 5.74) is 0.0810. The van der Waals surface area contributed by atoms with Crippen molar-refractivity contribution in [1.82, 2.24) is 9.55 Å². The number of carbonyl (C=O) groups excluding carboxylic acids is 1. The zero-order valence-electron chi connectivity index (χ0n) is 10.7. The number of hydrogen-bond donors (Lipinski definition) is 1. The van der Waals surface area contributed by atoms with Crippen molar-refractivity contribution in [3.63, 3.8) is 0 Å². The molecule has 0 bridgehead atoms. The summed E-state index contributed by atoms with van der Waals surface area (Å²) in [4.78, 5) is 27.1. The minimum atomic E-state index is -0.505. The molecule has 1 aromatic heterocycles. The van der Waals surface area contributed by atoms with Crippen molar-refractivity contribution >= 4 is 23.2 Å². The Labute approximate surface area is 120 Å². The Balaban J connectivity index is 2.09. The summed E-state index contributed by atoms with van der Waals surface area (Å²) < 4.78 is 6.24. The van der Waals surface area contributed by atoms with Gasteiger partial charge in [-0.2, -0.15) is 0 Å². The lowest BCUT2D eigenvalue weighted by atomic mass is 10.3. The molecule has 0 saturated carbocycles. The molecule has 0 unspecified atom stereocenters. The van der Waals surface area contributed by atoms with Gasteiger partial charge in [-0.1, -0.05) is 17.7 Å². The van der Waals surface area contributed by atoms with E-state index in [2.05, 4.69) is 10.3 Å². The molecule has 1 N–H and O–H groups in total. The van der Waals surface area contributed by atoms with Gasteiger partial charge in [0.15, 0.2) is 5.15 Å². The van der Waals surface area contributed by atoms with E-state index in [1.54, 1.807) is 31.4 Å². The van der Waals surface area contributed by atoms with Crippen molar-refractivity contribution in [2.45, 2.75) is 6.54 Å². The standard InChI is InChI=1S/C13H12ClN3O3/c1-20-10-4-2-3-9(7-10)16-11(18)8-17-6-5-15-12(14)13(17)19/h2-7H,8H2,1H3,(H,16,18). The van der Waals surface area contributed by atoms with Crippen LogP contribution in [-0.4, -0.2) is 22.6 Å². The van der Waals surface area contributed by atoms with Gasteiger partial charge in [-0.15, -0.1) is 0 Å². The van der Waals surface area contributed by atoms with E-state index < -0.39 is 5.56 Å². The summed E-state index contributed by atoms with van der Waals surface area (Å²) in [6, 6.07) is 6.93. The predicted molar refractivity (Wildman–Crippen MR) is 75.1 cm³/mol. The number of halogens is 1. The number of ether oxygens (including phenoxy) is 1. The van der Waals surface area contributed by atoms with Crippen LogP contribution in [0, 0.1) is 0 Å². The molecule has 1 aromatic carbocycles. The Morgan fingerprint density at radius 3 is 3.05 bits per heavy atom. The van der Waals surface area contributed by atoms with E-state index in [0.717, 1.165) is 0 Å². The second-order valence-corrected chi connectivity index (χ2v) is 4.29. The van der Waals surface area contributed by atoms with Crippen LogP contribution in [0.3, 0.4) is 0 Å². The van der Waals surface area contributed by atoms with Gasteiger partial charge in [0.05, 0.1) is 7.11 Å². The van der Waals surface area contributed by atoms with E-state index in [1.807, 2.05) is 0 Å². The smallest absolute Gasteiger partial charge is 0.288 e. The van der Waals surface area contributed by atoms with Crippen LogP contribution in [0.1, 0.15) is 0 Å². The molecule has 0 saturated heterocycles. The Morgan fingerprint density at radius 2 is 2.30 bits per heavy atom. The molecule has 0 fully saturated rings. The minimum Gasteiger partial charge on any atom is -0.497 e. The van der Waals surface area contributed by atoms with Gasteiger partial charge in [-0.25, -0.2) is 4.98 Å². The van der Waals surface area contributed by atoms with Crippen LogP contribution in [0.5, 0.6) is 5.75 Å². The molecule has 2 rings (SSSR count). The Bertz CT molecular complexity index is 685. The molecular weight excluding hydrogens is 282 g/mol. The average Bonchev–Trinajstić information content (AvgIpc) is 2.44. The zero-order valence-corrected chi connectivity index (χ0v) is 11.4. The lowest BCUT2D eigenvalue weighted by Gasteiger charge is -2.08. The van der Waals surface area contributed by atoms with Gasteiger partial charge >= 0.3 is 0 Å². The molecule has 7 heteroatoms. The van der Waals surface area contributed by atoms with Crippen molar-refractivity contribution in [2.24, 2.45) is 0 Å². The number of amides is 1. The van der Waals surface area contributed by atoms with Crippen LogP contribution in [0.25, 0.3) is 0 Å². The van der Waals surface area contributed by atoms with E-state index in [1.165, 1.54) is 17.0 Å². The maximum absolute atomic E-state index is 11.9. The maximum atomic E-state index is 11.9. The first kappa shape index (κ1) is 14.1. The number of rotatable bonds is 4. The molecule has 104 valence electrons. The lowest BCUT2D eigenvalue weighted by molar-refractivity contribution is -0.116. The summed E-state index contributed by atoms with van der Waals surface area (Å²) >= 11 is 5.60. The quantitative estimate of drug-likeness (QED) is 0.928. The number of benzene rings is 1. The van der Waals surface area contributed by atoms with Gasteiger partial charge in [0.25, 0.3) is 5.56 Å². The van der Waals surface area contributed by atoms with E-state index in [9.17, 15) is 9.59 Å².